The zero-order valence-corrected chi connectivity index (χ0v) is 16.2. The highest BCUT2D eigenvalue weighted by Crippen LogP contribution is 2.36. The summed E-state index contributed by atoms with van der Waals surface area (Å²) in [7, 11) is 0. The van der Waals surface area contributed by atoms with E-state index in [-0.39, 0.29) is 17.9 Å². The number of carbonyl (C=O) groups is 2. The average molecular weight is 400 g/mol. The van der Waals surface area contributed by atoms with Crippen LogP contribution in [0, 0.1) is 6.92 Å². The first kappa shape index (κ1) is 19.1. The highest BCUT2D eigenvalue weighted by atomic mass is 35.5. The minimum absolute atomic E-state index is 0.128. The fourth-order valence-corrected chi connectivity index (χ4v) is 3.83. The molecule has 4 nitrogen and oxygen atoms in total. The lowest BCUT2D eigenvalue weighted by atomic mass is 10.1. The van der Waals surface area contributed by atoms with Crippen molar-refractivity contribution in [3.05, 3.63) is 75.6 Å². The number of halogens is 1. The molecule has 0 bridgehead atoms. The molecule has 0 atom stereocenters. The van der Waals surface area contributed by atoms with E-state index in [2.05, 4.69) is 5.32 Å². The summed E-state index contributed by atoms with van der Waals surface area (Å²) in [6.45, 7) is 1.97. The molecule has 138 valence electrons. The molecule has 0 radical (unpaired) electrons. The molecule has 1 amide bonds. The third-order valence-electron chi connectivity index (χ3n) is 4.15. The molecule has 3 rings (SSSR count). The number of benzene rings is 2. The number of carbonyl (C=O) groups excluding carboxylic acids is 1. The third kappa shape index (κ3) is 4.76. The Labute approximate surface area is 166 Å². The Kier molecular flexibility index (Phi) is 5.94. The summed E-state index contributed by atoms with van der Waals surface area (Å²) < 4.78 is 0. The zero-order chi connectivity index (χ0) is 19.4. The summed E-state index contributed by atoms with van der Waals surface area (Å²) in [5, 5.41) is 14.7. The molecule has 27 heavy (non-hydrogen) atoms. The topological polar surface area (TPSA) is 66.4 Å². The minimum atomic E-state index is -1.06. The smallest absolute Gasteiger partial charge is 0.339 e. The SMILES string of the molecule is Cc1ccc(-c2scc(NC(=O)CCc3ccc(Cl)cc3)c2C(=O)O)cc1. The Morgan fingerprint density at radius 3 is 2.37 bits per heavy atom. The molecule has 0 aliphatic rings. The van der Waals surface area contributed by atoms with Crippen LogP contribution < -0.4 is 5.32 Å². The number of amides is 1. The maximum atomic E-state index is 12.3. The van der Waals surface area contributed by atoms with Gasteiger partial charge >= 0.3 is 5.97 Å². The molecule has 2 aromatic carbocycles. The number of anilines is 1. The fourth-order valence-electron chi connectivity index (χ4n) is 2.70. The second kappa shape index (κ2) is 8.37. The number of hydrogen-bond acceptors (Lipinski definition) is 3. The number of thiophene rings is 1. The predicted molar refractivity (Wildman–Crippen MR) is 110 cm³/mol. The van der Waals surface area contributed by atoms with Gasteiger partial charge in [-0.2, -0.15) is 0 Å². The molecule has 0 fully saturated rings. The van der Waals surface area contributed by atoms with E-state index in [0.29, 0.717) is 22.0 Å². The summed E-state index contributed by atoms with van der Waals surface area (Å²) in [5.74, 6) is -1.28. The van der Waals surface area contributed by atoms with Crippen molar-refractivity contribution in [3.8, 4) is 10.4 Å². The molecule has 0 spiro atoms. The van der Waals surface area contributed by atoms with Crippen LogP contribution >= 0.6 is 22.9 Å². The van der Waals surface area contributed by atoms with Crippen LogP contribution in [0.1, 0.15) is 27.9 Å². The summed E-state index contributed by atoms with van der Waals surface area (Å²) in [6, 6.07) is 15.0. The molecular formula is C21H18ClNO3S. The van der Waals surface area contributed by atoms with Crippen LogP contribution in [0.4, 0.5) is 5.69 Å². The van der Waals surface area contributed by atoms with Crippen molar-refractivity contribution in [1.82, 2.24) is 0 Å². The van der Waals surface area contributed by atoms with Crippen molar-refractivity contribution >= 4 is 40.5 Å². The maximum Gasteiger partial charge on any atom is 0.339 e. The highest BCUT2D eigenvalue weighted by Gasteiger charge is 2.21. The molecule has 0 saturated carbocycles. The van der Waals surface area contributed by atoms with E-state index < -0.39 is 5.97 Å². The quantitative estimate of drug-likeness (QED) is 0.563. The van der Waals surface area contributed by atoms with Gasteiger partial charge in [-0.25, -0.2) is 4.79 Å². The predicted octanol–water partition coefficient (Wildman–Crippen LogP) is 5.65. The number of aryl methyl sites for hydroxylation is 2. The number of carboxylic acid groups (broad SMARTS) is 1. The Morgan fingerprint density at radius 2 is 1.74 bits per heavy atom. The van der Waals surface area contributed by atoms with Gasteiger partial charge < -0.3 is 10.4 Å². The average Bonchev–Trinajstić information content (AvgIpc) is 3.05. The van der Waals surface area contributed by atoms with E-state index in [1.165, 1.54) is 11.3 Å². The van der Waals surface area contributed by atoms with Crippen molar-refractivity contribution in [3.63, 3.8) is 0 Å². The van der Waals surface area contributed by atoms with E-state index in [4.69, 9.17) is 11.6 Å². The molecular weight excluding hydrogens is 382 g/mol. The van der Waals surface area contributed by atoms with Crippen LogP contribution in [0.3, 0.4) is 0 Å². The first-order valence-corrected chi connectivity index (χ1v) is 9.66. The van der Waals surface area contributed by atoms with E-state index in [1.807, 2.05) is 43.3 Å². The zero-order valence-electron chi connectivity index (χ0n) is 14.7. The van der Waals surface area contributed by atoms with Crippen LogP contribution in [-0.2, 0) is 11.2 Å². The summed E-state index contributed by atoms with van der Waals surface area (Å²) >= 11 is 7.17. The van der Waals surface area contributed by atoms with Gasteiger partial charge in [-0.3, -0.25) is 4.79 Å². The lowest BCUT2D eigenvalue weighted by Crippen LogP contribution is -2.14. The second-order valence-electron chi connectivity index (χ2n) is 6.20. The summed E-state index contributed by atoms with van der Waals surface area (Å²) in [5.41, 5.74) is 3.39. The van der Waals surface area contributed by atoms with Crippen LogP contribution in [0.25, 0.3) is 10.4 Å². The third-order valence-corrected chi connectivity index (χ3v) is 5.43. The summed E-state index contributed by atoms with van der Waals surface area (Å²) in [6.07, 6.45) is 0.816. The molecule has 6 heteroatoms. The van der Waals surface area contributed by atoms with Gasteiger partial charge in [0.15, 0.2) is 0 Å². The molecule has 0 saturated heterocycles. The van der Waals surface area contributed by atoms with Crippen LogP contribution in [-0.4, -0.2) is 17.0 Å². The maximum absolute atomic E-state index is 12.3. The van der Waals surface area contributed by atoms with Crippen molar-refractivity contribution in [1.29, 1.82) is 0 Å². The van der Waals surface area contributed by atoms with Gasteiger partial charge in [-0.05, 0) is 36.6 Å². The summed E-state index contributed by atoms with van der Waals surface area (Å²) in [4.78, 5) is 24.7. The van der Waals surface area contributed by atoms with Gasteiger partial charge in [0, 0.05) is 16.8 Å². The van der Waals surface area contributed by atoms with Crippen molar-refractivity contribution in [2.75, 3.05) is 5.32 Å². The van der Waals surface area contributed by atoms with Gasteiger partial charge in [0.25, 0.3) is 0 Å². The van der Waals surface area contributed by atoms with E-state index in [0.717, 1.165) is 16.7 Å². The molecule has 3 aromatic rings. The van der Waals surface area contributed by atoms with Gasteiger partial charge in [-0.15, -0.1) is 11.3 Å². The Balaban J connectivity index is 1.74. The monoisotopic (exact) mass is 399 g/mol. The fraction of sp³-hybridized carbons (Fsp3) is 0.143. The number of nitrogens with one attached hydrogen (secondary N) is 1. The normalized spacial score (nSPS) is 10.6. The second-order valence-corrected chi connectivity index (χ2v) is 7.52. The van der Waals surface area contributed by atoms with Crippen molar-refractivity contribution < 1.29 is 14.7 Å². The van der Waals surface area contributed by atoms with E-state index in [9.17, 15) is 14.7 Å². The Bertz CT molecular complexity index is 962. The number of rotatable bonds is 6. The highest BCUT2D eigenvalue weighted by molar-refractivity contribution is 7.14. The van der Waals surface area contributed by atoms with Crippen molar-refractivity contribution in [2.24, 2.45) is 0 Å². The Morgan fingerprint density at radius 1 is 1.07 bits per heavy atom. The molecule has 2 N–H and O–H groups in total. The van der Waals surface area contributed by atoms with Gasteiger partial charge in [0.1, 0.15) is 5.56 Å². The van der Waals surface area contributed by atoms with E-state index in [1.54, 1.807) is 17.5 Å². The lowest BCUT2D eigenvalue weighted by molar-refractivity contribution is -0.116. The van der Waals surface area contributed by atoms with Crippen LogP contribution in [0.2, 0.25) is 5.02 Å². The van der Waals surface area contributed by atoms with Gasteiger partial charge in [0.05, 0.1) is 10.6 Å². The molecule has 0 unspecified atom stereocenters. The van der Waals surface area contributed by atoms with Crippen LogP contribution in [0.5, 0.6) is 0 Å². The number of aromatic carboxylic acids is 1. The molecule has 1 heterocycles. The minimum Gasteiger partial charge on any atom is -0.478 e. The first-order valence-electron chi connectivity index (χ1n) is 8.40. The standard InChI is InChI=1S/C21H18ClNO3S/c1-13-2-7-15(8-3-13)20-19(21(25)26)17(12-27-20)23-18(24)11-6-14-4-9-16(22)10-5-14/h2-5,7-10,12H,6,11H2,1H3,(H,23,24)(H,25,26). The molecule has 1 aromatic heterocycles. The van der Waals surface area contributed by atoms with Crippen LogP contribution in [0.15, 0.2) is 53.9 Å². The van der Waals surface area contributed by atoms with Crippen molar-refractivity contribution in [2.45, 2.75) is 19.8 Å². The Hall–Kier alpha value is -2.63. The lowest BCUT2D eigenvalue weighted by Gasteiger charge is -2.07. The van der Waals surface area contributed by atoms with E-state index >= 15 is 0 Å². The number of carboxylic acids is 1. The largest absolute Gasteiger partial charge is 0.478 e. The first-order chi connectivity index (χ1) is 12.9. The van der Waals surface area contributed by atoms with Gasteiger partial charge in [-0.1, -0.05) is 53.6 Å². The molecule has 0 aliphatic carbocycles. The van der Waals surface area contributed by atoms with Gasteiger partial charge in [0.2, 0.25) is 5.91 Å². The number of hydrogen-bond donors (Lipinski definition) is 2. The molecule has 0 aliphatic heterocycles.